The first-order valence-corrected chi connectivity index (χ1v) is 11.7. The van der Waals surface area contributed by atoms with Gasteiger partial charge in [0.1, 0.15) is 0 Å². The van der Waals surface area contributed by atoms with Crippen LogP contribution in [-0.4, -0.2) is 33.5 Å². The molecule has 4 rings (SSSR count). The molecule has 10 atom stereocenters. The monoisotopic (exact) mass is 392 g/mol. The highest BCUT2D eigenvalue weighted by Gasteiger charge is 2.62. The predicted octanol–water partition coefficient (Wildman–Crippen LogP) is 4.48. The topological polar surface area (TPSA) is 77.8 Å². The van der Waals surface area contributed by atoms with E-state index in [0.29, 0.717) is 35.5 Å². The van der Waals surface area contributed by atoms with Gasteiger partial charge in [0.25, 0.3) is 0 Å². The molecule has 4 nitrogen and oxygen atoms in total. The maximum atomic E-state index is 11.2. The third-order valence-corrected chi connectivity index (χ3v) is 10.2. The molecule has 160 valence electrons. The molecule has 4 fully saturated rings. The van der Waals surface area contributed by atoms with Crippen LogP contribution in [0.25, 0.3) is 0 Å². The van der Waals surface area contributed by atoms with E-state index in [2.05, 4.69) is 20.8 Å². The van der Waals surface area contributed by atoms with Gasteiger partial charge < -0.3 is 15.3 Å². The highest BCUT2D eigenvalue weighted by atomic mass is 16.4. The van der Waals surface area contributed by atoms with Gasteiger partial charge in [0, 0.05) is 6.42 Å². The number of carboxylic acid groups (broad SMARTS) is 1. The molecule has 3 unspecified atom stereocenters. The first kappa shape index (κ1) is 20.7. The van der Waals surface area contributed by atoms with Gasteiger partial charge in [0.05, 0.1) is 12.2 Å². The minimum absolute atomic E-state index is 0.179. The highest BCUT2D eigenvalue weighted by molar-refractivity contribution is 5.66. The van der Waals surface area contributed by atoms with Crippen LogP contribution >= 0.6 is 0 Å². The molecule has 4 saturated carbocycles. The van der Waals surface area contributed by atoms with Crippen molar-refractivity contribution < 1.29 is 20.1 Å². The van der Waals surface area contributed by atoms with Gasteiger partial charge in [-0.3, -0.25) is 4.79 Å². The van der Waals surface area contributed by atoms with E-state index in [9.17, 15) is 15.0 Å². The van der Waals surface area contributed by atoms with E-state index in [1.807, 2.05) is 0 Å². The molecule has 0 aromatic rings. The van der Waals surface area contributed by atoms with Crippen molar-refractivity contribution in [3.8, 4) is 0 Å². The SMILES string of the molecule is CC(CCC(=O)O)[C@H]1CC[C@H]2[C@@H]3[C@@H](O)CC4CC(O)CC[C@]4(C)[C@H]3CC[C@]12C. The third kappa shape index (κ3) is 3.14. The fourth-order valence-electron chi connectivity index (χ4n) is 8.73. The molecule has 0 radical (unpaired) electrons. The first-order valence-electron chi connectivity index (χ1n) is 11.7. The zero-order valence-electron chi connectivity index (χ0n) is 17.9. The molecule has 0 saturated heterocycles. The smallest absolute Gasteiger partial charge is 0.303 e. The zero-order valence-corrected chi connectivity index (χ0v) is 17.9. The fourth-order valence-corrected chi connectivity index (χ4v) is 8.73. The number of aliphatic hydroxyl groups excluding tert-OH is 2. The molecule has 4 aliphatic rings. The van der Waals surface area contributed by atoms with Crippen LogP contribution in [0.2, 0.25) is 0 Å². The van der Waals surface area contributed by atoms with Crippen LogP contribution in [-0.2, 0) is 4.79 Å². The summed E-state index contributed by atoms with van der Waals surface area (Å²) in [5, 5.41) is 30.5. The molecule has 0 heterocycles. The molecule has 0 aromatic heterocycles. The zero-order chi connectivity index (χ0) is 20.3. The van der Waals surface area contributed by atoms with Crippen molar-refractivity contribution in [3.05, 3.63) is 0 Å². The van der Waals surface area contributed by atoms with Crippen molar-refractivity contribution in [3.63, 3.8) is 0 Å². The maximum Gasteiger partial charge on any atom is 0.303 e. The number of rotatable bonds is 4. The molecule has 0 bridgehead atoms. The maximum absolute atomic E-state index is 11.2. The molecule has 0 aliphatic heterocycles. The summed E-state index contributed by atoms with van der Waals surface area (Å²) in [6, 6.07) is 0. The summed E-state index contributed by atoms with van der Waals surface area (Å²) in [5.41, 5.74) is 0.523. The number of carbonyl (C=O) groups is 1. The molecule has 0 aromatic carbocycles. The predicted molar refractivity (Wildman–Crippen MR) is 109 cm³/mol. The van der Waals surface area contributed by atoms with Crippen LogP contribution < -0.4 is 0 Å². The largest absolute Gasteiger partial charge is 0.481 e. The number of hydrogen-bond acceptors (Lipinski definition) is 3. The van der Waals surface area contributed by atoms with E-state index in [1.54, 1.807) is 0 Å². The van der Waals surface area contributed by atoms with Crippen molar-refractivity contribution >= 4 is 5.97 Å². The number of hydrogen-bond donors (Lipinski definition) is 3. The highest BCUT2D eigenvalue weighted by Crippen LogP contribution is 2.68. The fraction of sp³-hybridized carbons (Fsp3) is 0.958. The Kier molecular flexibility index (Phi) is 5.36. The lowest BCUT2D eigenvalue weighted by Crippen LogP contribution is -2.58. The summed E-state index contributed by atoms with van der Waals surface area (Å²) in [6.07, 6.45) is 9.19. The standard InChI is InChI=1S/C24H40O4/c1-14(4-7-21(27)28)17-5-6-18-22-19(9-11-24(17,18)3)23(2)10-8-16(25)12-15(23)13-20(22)26/h14-20,22,25-26H,4-13H2,1-3H3,(H,27,28)/t14?,15?,16?,17-,18+,19+,20+,22+,23+,24-/m1/s1. The molecule has 28 heavy (non-hydrogen) atoms. The van der Waals surface area contributed by atoms with E-state index < -0.39 is 5.97 Å². The van der Waals surface area contributed by atoms with E-state index in [1.165, 1.54) is 25.7 Å². The van der Waals surface area contributed by atoms with Gasteiger partial charge in [-0.2, -0.15) is 0 Å². The average Bonchev–Trinajstić information content (AvgIpc) is 2.98. The Balaban J connectivity index is 1.55. The van der Waals surface area contributed by atoms with Gasteiger partial charge in [0.2, 0.25) is 0 Å². The summed E-state index contributed by atoms with van der Waals surface area (Å²) < 4.78 is 0. The Bertz CT molecular complexity index is 605. The Labute approximate surface area is 170 Å². The number of aliphatic carboxylic acids is 1. The van der Waals surface area contributed by atoms with E-state index in [4.69, 9.17) is 5.11 Å². The van der Waals surface area contributed by atoms with Crippen LogP contribution in [0.1, 0.15) is 85.0 Å². The molecule has 4 heteroatoms. The molecule has 3 N–H and O–H groups in total. The van der Waals surface area contributed by atoms with Crippen LogP contribution in [0.3, 0.4) is 0 Å². The van der Waals surface area contributed by atoms with Gasteiger partial charge in [0.15, 0.2) is 0 Å². The van der Waals surface area contributed by atoms with Crippen LogP contribution in [0.15, 0.2) is 0 Å². The van der Waals surface area contributed by atoms with E-state index >= 15 is 0 Å². The Morgan fingerprint density at radius 3 is 2.39 bits per heavy atom. The minimum Gasteiger partial charge on any atom is -0.481 e. The summed E-state index contributed by atoms with van der Waals surface area (Å²) in [4.78, 5) is 11.1. The summed E-state index contributed by atoms with van der Waals surface area (Å²) >= 11 is 0. The summed E-state index contributed by atoms with van der Waals surface area (Å²) in [7, 11) is 0. The lowest BCUT2D eigenvalue weighted by Gasteiger charge is -2.62. The Hall–Kier alpha value is -0.610. The van der Waals surface area contributed by atoms with Gasteiger partial charge in [-0.1, -0.05) is 20.8 Å². The number of aliphatic hydroxyl groups is 2. The van der Waals surface area contributed by atoms with Gasteiger partial charge in [-0.15, -0.1) is 0 Å². The van der Waals surface area contributed by atoms with Crippen LogP contribution in [0, 0.1) is 46.3 Å². The van der Waals surface area contributed by atoms with Gasteiger partial charge in [-0.25, -0.2) is 0 Å². The second kappa shape index (κ2) is 7.27. The molecular weight excluding hydrogens is 352 g/mol. The van der Waals surface area contributed by atoms with Crippen LogP contribution in [0.5, 0.6) is 0 Å². The molecule has 4 aliphatic carbocycles. The molecule has 0 spiro atoms. The molecule has 0 amide bonds. The van der Waals surface area contributed by atoms with Crippen molar-refractivity contribution in [2.75, 3.05) is 0 Å². The number of carboxylic acids is 1. The van der Waals surface area contributed by atoms with Gasteiger partial charge in [-0.05, 0) is 104 Å². The normalized spacial score (nSPS) is 51.7. The Morgan fingerprint density at radius 1 is 1.00 bits per heavy atom. The summed E-state index contributed by atoms with van der Waals surface area (Å²) in [6.45, 7) is 7.16. The number of fused-ring (bicyclic) bond motifs is 5. The van der Waals surface area contributed by atoms with Crippen molar-refractivity contribution in [2.45, 2.75) is 97.2 Å². The first-order chi connectivity index (χ1) is 13.2. The van der Waals surface area contributed by atoms with Crippen LogP contribution in [0.4, 0.5) is 0 Å². The van der Waals surface area contributed by atoms with Crippen molar-refractivity contribution in [1.82, 2.24) is 0 Å². The van der Waals surface area contributed by atoms with E-state index in [-0.39, 0.29) is 29.5 Å². The second-order valence-electron chi connectivity index (χ2n) is 11.4. The lowest BCUT2D eigenvalue weighted by atomic mass is 9.43. The third-order valence-electron chi connectivity index (χ3n) is 10.2. The van der Waals surface area contributed by atoms with E-state index in [0.717, 1.165) is 32.1 Å². The minimum atomic E-state index is -0.684. The van der Waals surface area contributed by atoms with Crippen molar-refractivity contribution in [1.29, 1.82) is 0 Å². The quantitative estimate of drug-likeness (QED) is 0.659. The molecular formula is C24H40O4. The second-order valence-corrected chi connectivity index (χ2v) is 11.4. The average molecular weight is 393 g/mol. The van der Waals surface area contributed by atoms with Gasteiger partial charge >= 0.3 is 5.97 Å². The Morgan fingerprint density at radius 2 is 1.68 bits per heavy atom. The van der Waals surface area contributed by atoms with Crippen molar-refractivity contribution in [2.24, 2.45) is 46.3 Å². The lowest BCUT2D eigenvalue weighted by molar-refractivity contribution is -0.174. The summed E-state index contributed by atoms with van der Waals surface area (Å²) in [5.74, 6) is 2.36.